The number of hydrogen-bond donors (Lipinski definition) is 0. The Morgan fingerprint density at radius 3 is 2.11 bits per heavy atom. The van der Waals surface area contributed by atoms with E-state index in [1.54, 1.807) is 0 Å². The topological polar surface area (TPSA) is 0 Å². The van der Waals surface area contributed by atoms with Crippen LogP contribution in [0.4, 0.5) is 0 Å². The molecule has 0 spiro atoms. The third kappa shape index (κ3) is 9.58. The molecule has 0 aromatic rings. The average Bonchev–Trinajstić information content (AvgIpc) is 2.38. The van der Waals surface area contributed by atoms with Crippen LogP contribution in [0.1, 0.15) is 40.0 Å². The Balaban J connectivity index is 0.000000711. The van der Waals surface area contributed by atoms with Crippen molar-refractivity contribution in [3.8, 4) is 0 Å². The lowest BCUT2D eigenvalue weighted by atomic mass is 9.37. The predicted molar refractivity (Wildman–Crippen MR) is 92.2 cm³/mol. The van der Waals surface area contributed by atoms with E-state index < -0.39 is 0 Å². The lowest BCUT2D eigenvalue weighted by Crippen LogP contribution is -2.21. The highest BCUT2D eigenvalue weighted by Gasteiger charge is 2.22. The summed E-state index contributed by atoms with van der Waals surface area (Å²) in [5.74, 6) is 0.997. The van der Waals surface area contributed by atoms with Crippen molar-refractivity contribution in [1.29, 1.82) is 0 Å². The van der Waals surface area contributed by atoms with E-state index in [4.69, 9.17) is 0 Å². The Bertz CT molecular complexity index is 300. The molecule has 0 amide bonds. The van der Waals surface area contributed by atoms with Crippen LogP contribution in [0.15, 0.2) is 49.1 Å². The second-order valence-electron chi connectivity index (χ2n) is 5.89. The molecule has 1 aliphatic heterocycles. The van der Waals surface area contributed by atoms with Crippen LogP contribution in [-0.4, -0.2) is 6.71 Å². The minimum Gasteiger partial charge on any atom is -0.100 e. The van der Waals surface area contributed by atoms with Crippen LogP contribution in [0, 0.1) is 5.92 Å². The molecular weight excluding hydrogens is 227 g/mol. The van der Waals surface area contributed by atoms with E-state index in [1.807, 2.05) is 26.0 Å². The second kappa shape index (κ2) is 10.9. The van der Waals surface area contributed by atoms with Crippen molar-refractivity contribution in [3.05, 3.63) is 49.1 Å². The first-order valence-corrected chi connectivity index (χ1v) is 7.59. The molecule has 0 aromatic heterocycles. The van der Waals surface area contributed by atoms with Crippen LogP contribution >= 0.6 is 0 Å². The molecule has 1 heteroatoms. The summed E-state index contributed by atoms with van der Waals surface area (Å²) in [6.07, 6.45) is 14.2. The first kappa shape index (κ1) is 18.0. The van der Waals surface area contributed by atoms with Gasteiger partial charge in [-0.25, -0.2) is 0 Å². The van der Waals surface area contributed by atoms with Gasteiger partial charge in [0.2, 0.25) is 0 Å². The van der Waals surface area contributed by atoms with Crippen molar-refractivity contribution in [2.75, 3.05) is 0 Å². The maximum absolute atomic E-state index is 3.86. The van der Waals surface area contributed by atoms with Crippen LogP contribution in [-0.2, 0) is 0 Å². The first-order chi connectivity index (χ1) is 9.03. The van der Waals surface area contributed by atoms with E-state index >= 15 is 0 Å². The normalized spacial score (nSPS) is 16.4. The first-order valence-electron chi connectivity index (χ1n) is 7.59. The van der Waals surface area contributed by atoms with Crippen LogP contribution in [0.5, 0.6) is 0 Å². The second-order valence-corrected chi connectivity index (χ2v) is 5.89. The Labute approximate surface area is 121 Å². The van der Waals surface area contributed by atoms with Crippen LogP contribution in [0.3, 0.4) is 0 Å². The van der Waals surface area contributed by atoms with Gasteiger partial charge in [0.05, 0.1) is 0 Å². The molecule has 0 bridgehead atoms. The lowest BCUT2D eigenvalue weighted by Gasteiger charge is -2.25. The minimum absolute atomic E-state index is 0.886. The fraction of sp³-hybridized carbons (Fsp3) is 0.556. The summed E-state index contributed by atoms with van der Waals surface area (Å²) in [4.78, 5) is 0. The van der Waals surface area contributed by atoms with Crippen molar-refractivity contribution in [1.82, 2.24) is 0 Å². The molecule has 0 radical (unpaired) electrons. The number of hydrogen-bond acceptors (Lipinski definition) is 0. The smallest absolute Gasteiger partial charge is 0.100 e. The molecule has 1 rings (SSSR count). The third-order valence-electron chi connectivity index (χ3n) is 3.66. The summed E-state index contributed by atoms with van der Waals surface area (Å²) in [5, 5.41) is 0. The molecule has 1 heterocycles. The zero-order chi connectivity index (χ0) is 14.7. The largest absolute Gasteiger partial charge is 0.144 e. The lowest BCUT2D eigenvalue weighted by molar-refractivity contribution is 0.457. The average molecular weight is 258 g/mol. The molecule has 106 valence electrons. The SMILES string of the molecule is C=C(C)C.C=C/C=C(\C=C)CB1CCC(CC)CC1. The zero-order valence-corrected chi connectivity index (χ0v) is 13.3. The molecule has 0 nitrogen and oxygen atoms in total. The number of allylic oxidation sites excluding steroid dienone is 5. The van der Waals surface area contributed by atoms with E-state index in [-0.39, 0.29) is 0 Å². The van der Waals surface area contributed by atoms with E-state index in [2.05, 4.69) is 32.7 Å². The Hall–Kier alpha value is -0.975. The van der Waals surface area contributed by atoms with Crippen molar-refractivity contribution >= 4 is 6.71 Å². The van der Waals surface area contributed by atoms with Gasteiger partial charge < -0.3 is 0 Å². The van der Waals surface area contributed by atoms with Gasteiger partial charge in [-0.1, -0.05) is 81.4 Å². The van der Waals surface area contributed by atoms with Gasteiger partial charge in [0.25, 0.3) is 0 Å². The molecule has 0 atom stereocenters. The molecule has 0 saturated carbocycles. The number of rotatable bonds is 5. The standard InChI is InChI=1S/C14H23B.C4H8/c1-4-7-14(6-3)12-15-10-8-13(5-2)9-11-15;1-4(2)3/h4,6-7,13H,1,3,5,8-12H2,2H3;1H2,2-3H3/b14-7+;. The Morgan fingerprint density at radius 2 is 1.74 bits per heavy atom. The summed E-state index contributed by atoms with van der Waals surface area (Å²) >= 11 is 0. The van der Waals surface area contributed by atoms with Crippen LogP contribution < -0.4 is 0 Å². The maximum Gasteiger partial charge on any atom is 0.144 e. The van der Waals surface area contributed by atoms with Gasteiger partial charge in [-0.05, 0) is 26.1 Å². The monoisotopic (exact) mass is 258 g/mol. The van der Waals surface area contributed by atoms with Gasteiger partial charge in [-0.15, -0.1) is 6.58 Å². The van der Waals surface area contributed by atoms with Crippen LogP contribution in [0.25, 0.3) is 0 Å². The van der Waals surface area contributed by atoms with E-state index in [1.165, 1.54) is 49.4 Å². The maximum atomic E-state index is 3.86. The van der Waals surface area contributed by atoms with Crippen LogP contribution in [0.2, 0.25) is 19.0 Å². The predicted octanol–water partition coefficient (Wildman–Crippen LogP) is 6.18. The Morgan fingerprint density at radius 1 is 1.21 bits per heavy atom. The summed E-state index contributed by atoms with van der Waals surface area (Å²) < 4.78 is 0. The van der Waals surface area contributed by atoms with Crippen molar-refractivity contribution in [2.24, 2.45) is 5.92 Å². The third-order valence-corrected chi connectivity index (χ3v) is 3.66. The van der Waals surface area contributed by atoms with Crippen molar-refractivity contribution in [3.63, 3.8) is 0 Å². The molecule has 0 aromatic carbocycles. The molecular formula is C18H31B. The molecule has 0 unspecified atom stereocenters. The summed E-state index contributed by atoms with van der Waals surface area (Å²) in [5.41, 5.74) is 2.52. The molecule has 0 N–H and O–H groups in total. The molecule has 0 aliphatic carbocycles. The minimum atomic E-state index is 0.886. The van der Waals surface area contributed by atoms with Gasteiger partial charge >= 0.3 is 0 Å². The zero-order valence-electron chi connectivity index (χ0n) is 13.3. The summed E-state index contributed by atoms with van der Waals surface area (Å²) in [6, 6.07) is 0. The summed E-state index contributed by atoms with van der Waals surface area (Å²) in [7, 11) is 0. The Kier molecular flexibility index (Phi) is 10.3. The van der Waals surface area contributed by atoms with E-state index in [0.717, 1.165) is 12.6 Å². The van der Waals surface area contributed by atoms with Crippen molar-refractivity contribution < 1.29 is 0 Å². The van der Waals surface area contributed by atoms with Gasteiger partial charge in [0.1, 0.15) is 6.71 Å². The van der Waals surface area contributed by atoms with Gasteiger partial charge in [-0.2, -0.15) is 0 Å². The molecule has 1 aliphatic rings. The highest BCUT2D eigenvalue weighted by atomic mass is 14.1. The fourth-order valence-corrected chi connectivity index (χ4v) is 2.55. The molecule has 1 fully saturated rings. The highest BCUT2D eigenvalue weighted by Crippen LogP contribution is 2.30. The molecule has 19 heavy (non-hydrogen) atoms. The summed E-state index contributed by atoms with van der Waals surface area (Å²) in [6.45, 7) is 18.3. The molecule has 1 saturated heterocycles. The van der Waals surface area contributed by atoms with E-state index in [0.29, 0.717) is 0 Å². The fourth-order valence-electron chi connectivity index (χ4n) is 2.55. The quantitative estimate of drug-likeness (QED) is 0.313. The van der Waals surface area contributed by atoms with E-state index in [9.17, 15) is 0 Å². The van der Waals surface area contributed by atoms with Gasteiger partial charge in [-0.3, -0.25) is 0 Å². The van der Waals surface area contributed by atoms with Crippen molar-refractivity contribution in [2.45, 2.75) is 59.0 Å². The van der Waals surface area contributed by atoms with Gasteiger partial charge in [0.15, 0.2) is 0 Å². The van der Waals surface area contributed by atoms with Gasteiger partial charge in [0, 0.05) is 0 Å². The highest BCUT2D eigenvalue weighted by molar-refractivity contribution is 6.59.